The molecule has 0 aliphatic rings. The van der Waals surface area contributed by atoms with Crippen LogP contribution in [0.4, 0.5) is 0 Å². The maximum absolute atomic E-state index is 13.0. The van der Waals surface area contributed by atoms with Crippen LogP contribution < -0.4 is 14.8 Å². The van der Waals surface area contributed by atoms with Crippen molar-refractivity contribution in [1.29, 1.82) is 0 Å². The molecule has 4 aromatic carbocycles. The SMILES string of the molecule is CC(C)Oc1cc(-c2ccc(CCNC[C@H](O)c3ccccc3)cc2)ccc1C(=O)NS(=O)(=O)Cc1ccccc1. The highest BCUT2D eigenvalue weighted by atomic mass is 32.2. The van der Waals surface area contributed by atoms with E-state index in [0.717, 1.165) is 35.2 Å². The number of hydrogen-bond acceptors (Lipinski definition) is 6. The molecule has 8 heteroatoms. The number of hydrogen-bond donors (Lipinski definition) is 3. The third kappa shape index (κ3) is 9.01. The normalized spacial score (nSPS) is 12.2. The first-order chi connectivity index (χ1) is 19.7. The number of rotatable bonds is 13. The first-order valence-electron chi connectivity index (χ1n) is 13.6. The molecule has 1 amide bonds. The van der Waals surface area contributed by atoms with Crippen molar-refractivity contribution in [3.8, 4) is 16.9 Å². The maximum Gasteiger partial charge on any atom is 0.268 e. The third-order valence-corrected chi connectivity index (χ3v) is 7.65. The zero-order valence-electron chi connectivity index (χ0n) is 23.3. The van der Waals surface area contributed by atoms with Gasteiger partial charge in [0.15, 0.2) is 0 Å². The van der Waals surface area contributed by atoms with Crippen LogP contribution in [-0.4, -0.2) is 38.6 Å². The van der Waals surface area contributed by atoms with Crippen LogP contribution >= 0.6 is 0 Å². The van der Waals surface area contributed by atoms with Crippen LogP contribution in [0.2, 0.25) is 0 Å². The van der Waals surface area contributed by atoms with E-state index >= 15 is 0 Å². The van der Waals surface area contributed by atoms with Gasteiger partial charge in [-0.15, -0.1) is 0 Å². The molecule has 214 valence electrons. The Morgan fingerprint density at radius 1 is 0.829 bits per heavy atom. The number of sulfonamides is 1. The van der Waals surface area contributed by atoms with E-state index in [0.29, 0.717) is 17.9 Å². The zero-order valence-corrected chi connectivity index (χ0v) is 24.1. The molecule has 0 aliphatic carbocycles. The molecule has 0 saturated carbocycles. The van der Waals surface area contributed by atoms with Gasteiger partial charge in [0, 0.05) is 6.54 Å². The van der Waals surface area contributed by atoms with Crippen LogP contribution in [-0.2, 0) is 22.2 Å². The summed E-state index contributed by atoms with van der Waals surface area (Å²) in [6, 6.07) is 31.5. The summed E-state index contributed by atoms with van der Waals surface area (Å²) in [5.41, 5.74) is 4.57. The average molecular weight is 573 g/mol. The Labute approximate surface area is 242 Å². The Balaban J connectivity index is 1.39. The number of amides is 1. The van der Waals surface area contributed by atoms with Gasteiger partial charge in [0.2, 0.25) is 10.0 Å². The lowest BCUT2D eigenvalue weighted by Crippen LogP contribution is -2.32. The highest BCUT2D eigenvalue weighted by molar-refractivity contribution is 7.89. The molecule has 41 heavy (non-hydrogen) atoms. The highest BCUT2D eigenvalue weighted by Gasteiger charge is 2.21. The lowest BCUT2D eigenvalue weighted by Gasteiger charge is -2.16. The smallest absolute Gasteiger partial charge is 0.268 e. The first kappa shape index (κ1) is 30.0. The summed E-state index contributed by atoms with van der Waals surface area (Å²) < 4.78 is 33.4. The molecule has 3 N–H and O–H groups in total. The fraction of sp³-hybridized carbons (Fsp3) is 0.242. The molecule has 0 fully saturated rings. The van der Waals surface area contributed by atoms with Crippen molar-refractivity contribution in [2.75, 3.05) is 13.1 Å². The van der Waals surface area contributed by atoms with Gasteiger partial charge in [-0.1, -0.05) is 91.0 Å². The Hall–Kier alpha value is -3.98. The summed E-state index contributed by atoms with van der Waals surface area (Å²) >= 11 is 0. The van der Waals surface area contributed by atoms with Crippen molar-refractivity contribution in [2.24, 2.45) is 0 Å². The minimum Gasteiger partial charge on any atom is -0.490 e. The molecular formula is C33H36N2O5S. The van der Waals surface area contributed by atoms with Gasteiger partial charge in [-0.2, -0.15) is 0 Å². The Morgan fingerprint density at radius 3 is 2.12 bits per heavy atom. The van der Waals surface area contributed by atoms with E-state index in [1.165, 1.54) is 0 Å². The Bertz CT molecular complexity index is 1520. The molecule has 4 aromatic rings. The molecule has 0 saturated heterocycles. The summed E-state index contributed by atoms with van der Waals surface area (Å²) in [6.07, 6.45) is 0.0444. The van der Waals surface area contributed by atoms with E-state index in [9.17, 15) is 18.3 Å². The van der Waals surface area contributed by atoms with Crippen LogP contribution in [0.15, 0.2) is 103 Å². The number of carbonyl (C=O) groups is 1. The van der Waals surface area contributed by atoms with Gasteiger partial charge in [0.25, 0.3) is 5.91 Å². The monoisotopic (exact) mass is 572 g/mol. The lowest BCUT2D eigenvalue weighted by molar-refractivity contribution is 0.0975. The molecule has 0 heterocycles. The van der Waals surface area contributed by atoms with Crippen LogP contribution in [0.5, 0.6) is 5.75 Å². The molecule has 0 spiro atoms. The van der Waals surface area contributed by atoms with Gasteiger partial charge in [0.05, 0.1) is 23.5 Å². The second-order valence-electron chi connectivity index (χ2n) is 10.1. The van der Waals surface area contributed by atoms with Crippen molar-refractivity contribution in [3.63, 3.8) is 0 Å². The van der Waals surface area contributed by atoms with E-state index in [-0.39, 0.29) is 17.4 Å². The van der Waals surface area contributed by atoms with Crippen LogP contribution in [0.25, 0.3) is 11.1 Å². The fourth-order valence-electron chi connectivity index (χ4n) is 4.40. The van der Waals surface area contributed by atoms with E-state index in [2.05, 4.69) is 10.0 Å². The maximum atomic E-state index is 13.0. The van der Waals surface area contributed by atoms with Crippen molar-refractivity contribution in [3.05, 3.63) is 125 Å². The topological polar surface area (TPSA) is 105 Å². The van der Waals surface area contributed by atoms with Gasteiger partial charge < -0.3 is 15.2 Å². The second kappa shape index (κ2) is 14.1. The van der Waals surface area contributed by atoms with Crippen LogP contribution in [0.3, 0.4) is 0 Å². The molecule has 7 nitrogen and oxygen atoms in total. The standard InChI is InChI=1S/C33H36N2O5S/c1-24(2)40-32-21-29(17-18-30(32)33(37)35-41(38,39)23-26-9-5-3-6-10-26)27-15-13-25(14-16-27)19-20-34-22-31(36)28-11-7-4-8-12-28/h3-18,21,24,31,34,36H,19-20,22-23H2,1-2H3,(H,35,37)/t31-/m0/s1. The molecule has 4 rings (SSSR count). The first-order valence-corrected chi connectivity index (χ1v) is 15.3. The van der Waals surface area contributed by atoms with Gasteiger partial charge >= 0.3 is 0 Å². The summed E-state index contributed by atoms with van der Waals surface area (Å²) in [4.78, 5) is 13.0. The van der Waals surface area contributed by atoms with Crippen molar-refractivity contribution in [2.45, 2.75) is 38.2 Å². The summed E-state index contributed by atoms with van der Waals surface area (Å²) in [5.74, 6) is -0.716. The van der Waals surface area contributed by atoms with Gasteiger partial charge in [-0.25, -0.2) is 13.1 Å². The number of aliphatic hydroxyl groups is 1. The average Bonchev–Trinajstić information content (AvgIpc) is 2.95. The fourth-order valence-corrected chi connectivity index (χ4v) is 5.49. The molecule has 1 atom stereocenters. The second-order valence-corrected chi connectivity index (χ2v) is 11.9. The molecule has 0 bridgehead atoms. The molecule has 0 aromatic heterocycles. The molecular weight excluding hydrogens is 536 g/mol. The lowest BCUT2D eigenvalue weighted by atomic mass is 10.0. The van der Waals surface area contributed by atoms with Crippen molar-refractivity contribution < 1.29 is 23.1 Å². The largest absolute Gasteiger partial charge is 0.490 e. The van der Waals surface area contributed by atoms with Gasteiger partial charge in [-0.3, -0.25) is 4.79 Å². The highest BCUT2D eigenvalue weighted by Crippen LogP contribution is 2.29. The van der Waals surface area contributed by atoms with E-state index in [1.54, 1.807) is 48.5 Å². The minimum absolute atomic E-state index is 0.152. The quantitative estimate of drug-likeness (QED) is 0.189. The molecule has 0 radical (unpaired) electrons. The van der Waals surface area contributed by atoms with Gasteiger partial charge in [-0.05, 0) is 66.8 Å². The number of aliphatic hydroxyl groups excluding tert-OH is 1. The van der Waals surface area contributed by atoms with Gasteiger partial charge in [0.1, 0.15) is 5.75 Å². The minimum atomic E-state index is -3.90. The Kier molecular flexibility index (Phi) is 10.3. The number of carbonyl (C=O) groups excluding carboxylic acids is 1. The summed E-state index contributed by atoms with van der Waals surface area (Å²) in [5, 5.41) is 13.6. The molecule has 0 unspecified atom stereocenters. The summed E-state index contributed by atoms with van der Waals surface area (Å²) in [6.45, 7) is 4.91. The van der Waals surface area contributed by atoms with E-state index in [1.807, 2.05) is 68.4 Å². The van der Waals surface area contributed by atoms with E-state index in [4.69, 9.17) is 4.74 Å². The third-order valence-electron chi connectivity index (χ3n) is 6.44. The summed E-state index contributed by atoms with van der Waals surface area (Å²) in [7, 11) is -3.90. The zero-order chi connectivity index (χ0) is 29.2. The van der Waals surface area contributed by atoms with E-state index < -0.39 is 22.0 Å². The van der Waals surface area contributed by atoms with Crippen molar-refractivity contribution >= 4 is 15.9 Å². The predicted octanol–water partition coefficient (Wildman–Crippen LogP) is 5.27. The van der Waals surface area contributed by atoms with Crippen LogP contribution in [0, 0.1) is 0 Å². The molecule has 0 aliphatic heterocycles. The van der Waals surface area contributed by atoms with Crippen LogP contribution in [0.1, 0.15) is 47.0 Å². The predicted molar refractivity (Wildman–Crippen MR) is 162 cm³/mol. The Morgan fingerprint density at radius 2 is 1.46 bits per heavy atom. The number of nitrogens with one attached hydrogen (secondary N) is 2. The number of benzene rings is 4. The number of ether oxygens (including phenoxy) is 1. The van der Waals surface area contributed by atoms with Crippen molar-refractivity contribution in [1.82, 2.24) is 10.0 Å².